The Kier molecular flexibility index (Phi) is 6.52. The molecule has 0 radical (unpaired) electrons. The van der Waals surface area contributed by atoms with Crippen LogP contribution in [0.2, 0.25) is 0 Å². The van der Waals surface area contributed by atoms with Gasteiger partial charge in [0.25, 0.3) is 5.91 Å². The normalized spacial score (nSPS) is 12.2. The molecule has 0 unspecified atom stereocenters. The van der Waals surface area contributed by atoms with Gasteiger partial charge in [0.1, 0.15) is 5.82 Å². The van der Waals surface area contributed by atoms with E-state index in [0.29, 0.717) is 5.69 Å². The van der Waals surface area contributed by atoms with Crippen molar-refractivity contribution in [1.82, 2.24) is 5.32 Å². The number of nitrogens with zero attached hydrogens (tertiary/aromatic N) is 1. The molecule has 0 saturated carbocycles. The minimum atomic E-state index is -3.65. The first-order chi connectivity index (χ1) is 14.3. The van der Waals surface area contributed by atoms with Crippen LogP contribution in [-0.4, -0.2) is 20.6 Å². The van der Waals surface area contributed by atoms with Crippen LogP contribution in [0.4, 0.5) is 10.1 Å². The highest BCUT2D eigenvalue weighted by molar-refractivity contribution is 7.92. The number of carbonyl (C=O) groups excluding carboxylic acids is 1. The first-order valence-electron chi connectivity index (χ1n) is 9.42. The smallest absolute Gasteiger partial charge is 0.253 e. The number of hydrogen-bond acceptors (Lipinski definition) is 3. The standard InChI is InChI=1S/C23H23FN2O3S/c1-17(19-12-14-20(24)15-13-19)25-23(27)21-10-6-7-11-22(21)26(30(2,28)29)16-18-8-4-3-5-9-18/h3-15,17H,16H2,1-2H3,(H,25,27)/t17-/m0/s1. The number of sulfonamides is 1. The van der Waals surface area contributed by atoms with Crippen molar-refractivity contribution in [1.29, 1.82) is 0 Å². The monoisotopic (exact) mass is 426 g/mol. The van der Waals surface area contributed by atoms with Crippen molar-refractivity contribution in [3.05, 3.63) is 101 Å². The Balaban J connectivity index is 1.91. The molecule has 3 aromatic rings. The molecule has 0 saturated heterocycles. The van der Waals surface area contributed by atoms with Crippen LogP contribution >= 0.6 is 0 Å². The van der Waals surface area contributed by atoms with Crippen LogP contribution in [0.15, 0.2) is 78.9 Å². The Morgan fingerprint density at radius 3 is 2.20 bits per heavy atom. The highest BCUT2D eigenvalue weighted by Crippen LogP contribution is 2.26. The summed E-state index contributed by atoms with van der Waals surface area (Å²) in [6, 6.07) is 21.2. The summed E-state index contributed by atoms with van der Waals surface area (Å²) in [6.45, 7) is 1.89. The van der Waals surface area contributed by atoms with Crippen molar-refractivity contribution in [2.24, 2.45) is 0 Å². The third kappa shape index (κ3) is 5.24. The lowest BCUT2D eigenvalue weighted by Gasteiger charge is -2.25. The second-order valence-corrected chi connectivity index (χ2v) is 8.93. The number of benzene rings is 3. The second-order valence-electron chi connectivity index (χ2n) is 7.02. The van der Waals surface area contributed by atoms with E-state index in [1.165, 1.54) is 16.4 Å². The molecule has 7 heteroatoms. The molecule has 0 aliphatic rings. The molecule has 1 amide bonds. The number of amides is 1. The maximum Gasteiger partial charge on any atom is 0.253 e. The van der Waals surface area contributed by atoms with Gasteiger partial charge in [0.15, 0.2) is 0 Å². The Labute approximate surface area is 176 Å². The van der Waals surface area contributed by atoms with Gasteiger partial charge in [-0.2, -0.15) is 0 Å². The van der Waals surface area contributed by atoms with Gasteiger partial charge in [-0.3, -0.25) is 9.10 Å². The van der Waals surface area contributed by atoms with Gasteiger partial charge in [-0.25, -0.2) is 12.8 Å². The summed E-state index contributed by atoms with van der Waals surface area (Å²) in [5, 5.41) is 2.86. The number of hydrogen-bond donors (Lipinski definition) is 1. The number of halogens is 1. The summed E-state index contributed by atoms with van der Waals surface area (Å²) >= 11 is 0. The van der Waals surface area contributed by atoms with Crippen LogP contribution in [0.25, 0.3) is 0 Å². The summed E-state index contributed by atoms with van der Waals surface area (Å²) in [6.07, 6.45) is 1.12. The van der Waals surface area contributed by atoms with E-state index in [9.17, 15) is 17.6 Å². The average molecular weight is 427 g/mol. The lowest BCUT2D eigenvalue weighted by Crippen LogP contribution is -2.33. The Hall–Kier alpha value is -3.19. The number of rotatable bonds is 7. The minimum absolute atomic E-state index is 0.109. The number of para-hydroxylation sites is 1. The Bertz CT molecular complexity index is 1120. The molecule has 0 aliphatic carbocycles. The molecule has 1 atom stereocenters. The molecule has 3 aromatic carbocycles. The zero-order valence-electron chi connectivity index (χ0n) is 16.7. The Morgan fingerprint density at radius 2 is 1.57 bits per heavy atom. The van der Waals surface area contributed by atoms with Gasteiger partial charge in [0.05, 0.1) is 30.1 Å². The fourth-order valence-electron chi connectivity index (χ4n) is 3.12. The molecule has 0 spiro atoms. The van der Waals surface area contributed by atoms with Crippen LogP contribution in [0, 0.1) is 5.82 Å². The van der Waals surface area contributed by atoms with Gasteiger partial charge in [-0.1, -0.05) is 54.6 Å². The lowest BCUT2D eigenvalue weighted by molar-refractivity contribution is 0.0940. The molecule has 0 heterocycles. The van der Waals surface area contributed by atoms with Crippen molar-refractivity contribution >= 4 is 21.6 Å². The molecule has 0 bridgehead atoms. The zero-order chi connectivity index (χ0) is 21.7. The van der Waals surface area contributed by atoms with Gasteiger partial charge < -0.3 is 5.32 Å². The van der Waals surface area contributed by atoms with Crippen LogP contribution in [0.1, 0.15) is 34.5 Å². The van der Waals surface area contributed by atoms with Gasteiger partial charge >= 0.3 is 0 Å². The lowest BCUT2D eigenvalue weighted by atomic mass is 10.1. The van der Waals surface area contributed by atoms with Crippen LogP contribution in [0.5, 0.6) is 0 Å². The molecule has 30 heavy (non-hydrogen) atoms. The van der Waals surface area contributed by atoms with Crippen molar-refractivity contribution in [2.45, 2.75) is 19.5 Å². The van der Waals surface area contributed by atoms with E-state index in [4.69, 9.17) is 0 Å². The van der Waals surface area contributed by atoms with Gasteiger partial charge in [-0.15, -0.1) is 0 Å². The van der Waals surface area contributed by atoms with Gasteiger partial charge in [0, 0.05) is 0 Å². The highest BCUT2D eigenvalue weighted by atomic mass is 32.2. The maximum absolute atomic E-state index is 13.2. The molecule has 0 aromatic heterocycles. The number of anilines is 1. The quantitative estimate of drug-likeness (QED) is 0.613. The summed E-state index contributed by atoms with van der Waals surface area (Å²) in [5.74, 6) is -0.767. The predicted octanol–water partition coefficient (Wildman–Crippen LogP) is 4.28. The molecule has 156 valence electrons. The van der Waals surface area contributed by atoms with Gasteiger partial charge in [-0.05, 0) is 42.3 Å². The second kappa shape index (κ2) is 9.09. The molecular weight excluding hydrogens is 403 g/mol. The van der Waals surface area contributed by atoms with E-state index < -0.39 is 15.9 Å². The van der Waals surface area contributed by atoms with Gasteiger partial charge in [0.2, 0.25) is 10.0 Å². The van der Waals surface area contributed by atoms with E-state index in [2.05, 4.69) is 5.32 Å². The molecule has 0 aliphatic heterocycles. The van der Waals surface area contributed by atoms with Crippen molar-refractivity contribution < 1.29 is 17.6 Å². The fourth-order valence-corrected chi connectivity index (χ4v) is 4.02. The van der Waals surface area contributed by atoms with Crippen molar-refractivity contribution in [2.75, 3.05) is 10.6 Å². The molecule has 3 rings (SSSR count). The highest BCUT2D eigenvalue weighted by Gasteiger charge is 2.24. The van der Waals surface area contributed by atoms with E-state index >= 15 is 0 Å². The maximum atomic E-state index is 13.2. The van der Waals surface area contributed by atoms with E-state index in [1.807, 2.05) is 30.3 Å². The van der Waals surface area contributed by atoms with E-state index in [0.717, 1.165) is 17.4 Å². The summed E-state index contributed by atoms with van der Waals surface area (Å²) in [5.41, 5.74) is 2.09. The predicted molar refractivity (Wildman–Crippen MR) is 116 cm³/mol. The summed E-state index contributed by atoms with van der Waals surface area (Å²) in [4.78, 5) is 13.0. The summed E-state index contributed by atoms with van der Waals surface area (Å²) < 4.78 is 39.5. The number of nitrogens with one attached hydrogen (secondary N) is 1. The topological polar surface area (TPSA) is 66.5 Å². The molecule has 5 nitrogen and oxygen atoms in total. The van der Waals surface area contributed by atoms with Crippen LogP contribution in [0.3, 0.4) is 0 Å². The third-order valence-corrected chi connectivity index (χ3v) is 5.83. The largest absolute Gasteiger partial charge is 0.345 e. The average Bonchev–Trinajstić information content (AvgIpc) is 2.72. The zero-order valence-corrected chi connectivity index (χ0v) is 17.6. The SMILES string of the molecule is C[C@H](NC(=O)c1ccccc1N(Cc1ccccc1)S(C)(=O)=O)c1ccc(F)cc1. The van der Waals surface area contributed by atoms with E-state index in [-0.39, 0.29) is 24.0 Å². The third-order valence-electron chi connectivity index (χ3n) is 4.70. The first kappa shape index (κ1) is 21.5. The Morgan fingerprint density at radius 1 is 0.967 bits per heavy atom. The van der Waals surface area contributed by atoms with Crippen LogP contribution in [-0.2, 0) is 16.6 Å². The van der Waals surface area contributed by atoms with Crippen LogP contribution < -0.4 is 9.62 Å². The fraction of sp³-hybridized carbons (Fsp3) is 0.174. The van der Waals surface area contributed by atoms with Crippen molar-refractivity contribution in [3.8, 4) is 0 Å². The molecule has 0 fully saturated rings. The van der Waals surface area contributed by atoms with E-state index in [1.54, 1.807) is 43.3 Å². The minimum Gasteiger partial charge on any atom is -0.345 e. The molecular formula is C23H23FN2O3S. The number of carbonyl (C=O) groups is 1. The van der Waals surface area contributed by atoms with Crippen molar-refractivity contribution in [3.63, 3.8) is 0 Å². The first-order valence-corrected chi connectivity index (χ1v) is 11.3. The summed E-state index contributed by atoms with van der Waals surface area (Å²) in [7, 11) is -3.65. The molecule has 1 N–H and O–H groups in total.